The second kappa shape index (κ2) is 45.6. The minimum Gasteiger partial charge on any atom is -0.462 e. The Morgan fingerprint density at radius 1 is 0.525 bits per heavy atom. The monoisotopic (exact) mass is 818 g/mol. The highest BCUT2D eigenvalue weighted by Gasteiger charge is 2.24. The van der Waals surface area contributed by atoms with Crippen LogP contribution in [-0.4, -0.2) is 46.9 Å². The molecule has 0 rings (SSSR count). The Kier molecular flexibility index (Phi) is 42.9. The second-order valence-corrected chi connectivity index (χ2v) is 15.5. The van der Waals surface area contributed by atoms with Crippen molar-refractivity contribution in [2.75, 3.05) is 6.61 Å². The van der Waals surface area contributed by atoms with Crippen LogP contribution in [-0.2, 0) is 14.3 Å². The number of allylic oxidation sites excluding steroid dienone is 18. The number of aliphatic hydroxyl groups is 2. The number of carbonyl (C=O) groups is 2. The molecule has 3 atom stereocenters. The molecule has 1 amide bonds. The fourth-order valence-corrected chi connectivity index (χ4v) is 6.43. The van der Waals surface area contributed by atoms with Crippen molar-refractivity contribution in [1.82, 2.24) is 5.32 Å². The quantitative estimate of drug-likeness (QED) is 0.0248. The van der Waals surface area contributed by atoms with Crippen LogP contribution in [0.2, 0.25) is 0 Å². The predicted molar refractivity (Wildman–Crippen MR) is 254 cm³/mol. The third-order valence-electron chi connectivity index (χ3n) is 9.96. The van der Waals surface area contributed by atoms with Crippen LogP contribution in [0.25, 0.3) is 0 Å². The van der Waals surface area contributed by atoms with Crippen LogP contribution in [0.1, 0.15) is 188 Å². The molecule has 0 aliphatic heterocycles. The third kappa shape index (κ3) is 41.1. The average Bonchev–Trinajstić information content (AvgIpc) is 3.23. The first kappa shape index (κ1) is 55.5. The maximum atomic E-state index is 13.1. The summed E-state index contributed by atoms with van der Waals surface area (Å²) in [6.45, 7) is 6.17. The van der Waals surface area contributed by atoms with Gasteiger partial charge in [-0.05, 0) is 77.0 Å². The van der Waals surface area contributed by atoms with Gasteiger partial charge in [-0.2, -0.15) is 0 Å². The molecule has 6 nitrogen and oxygen atoms in total. The van der Waals surface area contributed by atoms with Crippen LogP contribution >= 0.6 is 0 Å². The Morgan fingerprint density at radius 3 is 1.56 bits per heavy atom. The molecule has 3 unspecified atom stereocenters. The first-order chi connectivity index (χ1) is 29.0. The van der Waals surface area contributed by atoms with Crippen LogP contribution < -0.4 is 5.32 Å². The summed E-state index contributed by atoms with van der Waals surface area (Å²) < 4.78 is 5.85. The summed E-state index contributed by atoms with van der Waals surface area (Å²) in [5.74, 6) is -0.626. The summed E-state index contributed by atoms with van der Waals surface area (Å²) >= 11 is 0. The van der Waals surface area contributed by atoms with Crippen molar-refractivity contribution in [2.24, 2.45) is 0 Å². The van der Waals surface area contributed by atoms with Gasteiger partial charge in [-0.15, -0.1) is 0 Å². The molecule has 0 radical (unpaired) electrons. The Labute approximate surface area is 362 Å². The molecule has 0 aromatic heterocycles. The van der Waals surface area contributed by atoms with E-state index in [4.69, 9.17) is 4.74 Å². The van der Waals surface area contributed by atoms with E-state index in [9.17, 15) is 19.8 Å². The minimum absolute atomic E-state index is 0.0146. The Balaban J connectivity index is 4.81. The van der Waals surface area contributed by atoms with Gasteiger partial charge in [0.1, 0.15) is 6.10 Å². The lowest BCUT2D eigenvalue weighted by Gasteiger charge is -2.24. The van der Waals surface area contributed by atoms with Gasteiger partial charge in [-0.25, -0.2) is 0 Å². The molecule has 0 aliphatic carbocycles. The van der Waals surface area contributed by atoms with E-state index in [2.05, 4.69) is 99.0 Å². The summed E-state index contributed by atoms with van der Waals surface area (Å²) in [6.07, 6.45) is 61.5. The third-order valence-corrected chi connectivity index (χ3v) is 9.96. The maximum absolute atomic E-state index is 13.1. The molecular weight excluding hydrogens is 731 g/mol. The number of rotatable bonds is 40. The molecule has 334 valence electrons. The van der Waals surface area contributed by atoms with Gasteiger partial charge in [-0.3, -0.25) is 9.59 Å². The number of hydrogen-bond donors (Lipinski definition) is 3. The molecule has 0 aromatic rings. The lowest BCUT2D eigenvalue weighted by molar-refractivity contribution is -0.150. The van der Waals surface area contributed by atoms with Crippen LogP contribution in [0.15, 0.2) is 109 Å². The summed E-state index contributed by atoms with van der Waals surface area (Å²) in [5.41, 5.74) is 0. The van der Waals surface area contributed by atoms with E-state index < -0.39 is 18.2 Å². The fraction of sp³-hybridized carbons (Fsp3) is 0.623. The van der Waals surface area contributed by atoms with Crippen molar-refractivity contribution < 1.29 is 24.5 Å². The van der Waals surface area contributed by atoms with E-state index in [1.807, 2.05) is 36.5 Å². The van der Waals surface area contributed by atoms with E-state index in [0.29, 0.717) is 19.3 Å². The number of amides is 1. The van der Waals surface area contributed by atoms with E-state index in [1.54, 1.807) is 0 Å². The zero-order valence-electron chi connectivity index (χ0n) is 37.8. The van der Waals surface area contributed by atoms with Gasteiger partial charge >= 0.3 is 5.97 Å². The SMILES string of the molecule is CC/C=C/C=C/C=C/C=C\CCCCCC(CC(=O)NC(CO)C(O)CCCCCCCCCCCCC)OC(=O)CC/C=C/C/C=C/C/C=C/C/C=C/C/C=C/CC. The van der Waals surface area contributed by atoms with Crippen LogP contribution in [0.4, 0.5) is 0 Å². The second-order valence-electron chi connectivity index (χ2n) is 15.5. The van der Waals surface area contributed by atoms with E-state index >= 15 is 0 Å². The molecule has 0 saturated carbocycles. The highest BCUT2D eigenvalue weighted by molar-refractivity contribution is 5.77. The van der Waals surface area contributed by atoms with Gasteiger partial charge in [0.15, 0.2) is 0 Å². The van der Waals surface area contributed by atoms with Gasteiger partial charge in [0.25, 0.3) is 0 Å². The number of unbranched alkanes of at least 4 members (excludes halogenated alkanes) is 13. The number of ether oxygens (including phenoxy) is 1. The molecule has 0 aliphatic rings. The fourth-order valence-electron chi connectivity index (χ4n) is 6.43. The lowest BCUT2D eigenvalue weighted by atomic mass is 10.0. The minimum atomic E-state index is -0.816. The Hall–Kier alpha value is -3.48. The van der Waals surface area contributed by atoms with Crippen molar-refractivity contribution in [2.45, 2.75) is 206 Å². The molecule has 59 heavy (non-hydrogen) atoms. The van der Waals surface area contributed by atoms with Gasteiger partial charge in [0.2, 0.25) is 5.91 Å². The topological polar surface area (TPSA) is 95.9 Å². The molecule has 6 heteroatoms. The van der Waals surface area contributed by atoms with Gasteiger partial charge in [-0.1, -0.05) is 207 Å². The van der Waals surface area contributed by atoms with E-state index in [-0.39, 0.29) is 31.3 Å². The highest BCUT2D eigenvalue weighted by Crippen LogP contribution is 2.16. The standard InChI is InChI=1S/C53H87NO5/c1-4-7-10-13-16-19-22-24-25-26-28-31-34-37-40-43-46-53(58)59-49(44-41-38-35-32-30-27-23-20-17-14-11-8-5-2)47-52(57)54-50(48-55)51(56)45-42-39-36-33-29-21-18-15-12-9-6-3/h7-8,10-11,14,16-17,19-20,23-25,27-28,30-31,37,40,49-51,55-56H,4-6,9,12-13,15,18,21-22,26,29,32-36,38-39,41-48H2,1-3H3,(H,54,57)/b10-7+,11-8+,17-14+,19-16+,23-20+,25-24+,30-27-,31-28+,40-37+. The van der Waals surface area contributed by atoms with Crippen LogP contribution in [0.3, 0.4) is 0 Å². The first-order valence-corrected chi connectivity index (χ1v) is 23.7. The Morgan fingerprint density at radius 2 is 1.00 bits per heavy atom. The van der Waals surface area contributed by atoms with Crippen molar-refractivity contribution in [3.05, 3.63) is 109 Å². The number of carbonyl (C=O) groups excluding carboxylic acids is 2. The zero-order chi connectivity index (χ0) is 43.1. The van der Waals surface area contributed by atoms with Crippen molar-refractivity contribution in [1.29, 1.82) is 0 Å². The molecule has 0 fully saturated rings. The lowest BCUT2D eigenvalue weighted by Crippen LogP contribution is -2.46. The summed E-state index contributed by atoms with van der Waals surface area (Å²) in [6, 6.07) is -0.735. The van der Waals surface area contributed by atoms with Gasteiger partial charge in [0, 0.05) is 6.42 Å². The van der Waals surface area contributed by atoms with E-state index in [1.165, 1.54) is 51.4 Å². The average molecular weight is 818 g/mol. The molecule has 0 bridgehead atoms. The molecule has 0 heterocycles. The molecule has 3 N–H and O–H groups in total. The summed E-state index contributed by atoms with van der Waals surface area (Å²) in [4.78, 5) is 26.0. The number of aliphatic hydroxyl groups excluding tert-OH is 2. The van der Waals surface area contributed by atoms with Crippen LogP contribution in [0.5, 0.6) is 0 Å². The molecule has 0 aromatic carbocycles. The number of esters is 1. The molecule has 0 saturated heterocycles. The molecular formula is C53H87NO5. The van der Waals surface area contributed by atoms with Crippen LogP contribution in [0, 0.1) is 0 Å². The predicted octanol–water partition coefficient (Wildman–Crippen LogP) is 13.9. The normalized spacial score (nSPS) is 14.3. The summed E-state index contributed by atoms with van der Waals surface area (Å²) in [7, 11) is 0. The first-order valence-electron chi connectivity index (χ1n) is 23.7. The van der Waals surface area contributed by atoms with Crippen molar-refractivity contribution in [3.8, 4) is 0 Å². The molecule has 0 spiro atoms. The maximum Gasteiger partial charge on any atom is 0.306 e. The smallest absolute Gasteiger partial charge is 0.306 e. The van der Waals surface area contributed by atoms with Gasteiger partial charge < -0.3 is 20.3 Å². The van der Waals surface area contributed by atoms with Crippen molar-refractivity contribution in [3.63, 3.8) is 0 Å². The largest absolute Gasteiger partial charge is 0.462 e. The zero-order valence-corrected chi connectivity index (χ0v) is 37.8. The van der Waals surface area contributed by atoms with E-state index in [0.717, 1.165) is 83.5 Å². The number of nitrogens with one attached hydrogen (secondary N) is 1. The van der Waals surface area contributed by atoms with Gasteiger partial charge in [0.05, 0.1) is 25.2 Å². The number of hydrogen-bond acceptors (Lipinski definition) is 5. The Bertz CT molecular complexity index is 1240. The highest BCUT2D eigenvalue weighted by atomic mass is 16.5. The summed E-state index contributed by atoms with van der Waals surface area (Å²) in [5, 5.41) is 23.6. The van der Waals surface area contributed by atoms with Crippen molar-refractivity contribution >= 4 is 11.9 Å².